The number of fused-ring (bicyclic) bond motifs is 1. The number of phenols is 2. The van der Waals surface area contributed by atoms with E-state index in [1.54, 1.807) is 18.2 Å². The van der Waals surface area contributed by atoms with Gasteiger partial charge in [-0.15, -0.1) is 0 Å². The number of hydrogen-bond donors (Lipinski definition) is 2. The van der Waals surface area contributed by atoms with Gasteiger partial charge in [-0.3, -0.25) is 4.90 Å². The van der Waals surface area contributed by atoms with Gasteiger partial charge in [0, 0.05) is 30.5 Å². The maximum atomic E-state index is 10.1. The van der Waals surface area contributed by atoms with E-state index in [1.165, 1.54) is 24.8 Å². The molecule has 0 radical (unpaired) electrons. The van der Waals surface area contributed by atoms with Crippen LogP contribution in [0.25, 0.3) is 22.2 Å². The van der Waals surface area contributed by atoms with Gasteiger partial charge in [0.05, 0.1) is 5.69 Å². The van der Waals surface area contributed by atoms with Crippen LogP contribution in [0.5, 0.6) is 17.2 Å². The molecule has 0 aliphatic carbocycles. The lowest BCUT2D eigenvalue weighted by atomic mass is 10.1. The number of ether oxygens (including phenoxy) is 1. The predicted octanol–water partition coefficient (Wildman–Crippen LogP) is 6.29. The lowest BCUT2D eigenvalue weighted by Gasteiger charge is -2.32. The fraction of sp³-hybridized carbons (Fsp3) is 0.310. The maximum absolute atomic E-state index is 10.1. The first-order chi connectivity index (χ1) is 16.5. The topological polar surface area (TPSA) is 57.9 Å². The number of piperidine rings is 1. The normalized spacial score (nSPS) is 15.5. The van der Waals surface area contributed by atoms with E-state index in [2.05, 4.69) is 47.6 Å². The zero-order valence-corrected chi connectivity index (χ0v) is 19.9. The number of aromatic nitrogens is 1. The van der Waals surface area contributed by atoms with Crippen LogP contribution in [0, 0.1) is 6.92 Å². The summed E-state index contributed by atoms with van der Waals surface area (Å²) in [5.74, 6) is 1.39. The Kier molecular flexibility index (Phi) is 6.20. The van der Waals surface area contributed by atoms with Crippen molar-refractivity contribution in [3.8, 4) is 28.5 Å². The number of nitrogens with zero attached hydrogens (tertiary/aromatic N) is 2. The molecule has 176 valence electrons. The Hall–Kier alpha value is -3.44. The maximum Gasteiger partial charge on any atom is 0.149 e. The molecule has 1 fully saturated rings. The number of hydrogen-bond acceptors (Lipinski definition) is 4. The minimum atomic E-state index is 0.0796. The molecule has 0 bridgehead atoms. The second kappa shape index (κ2) is 9.43. The number of rotatable bonds is 6. The first-order valence-electron chi connectivity index (χ1n) is 12.1. The van der Waals surface area contributed by atoms with E-state index in [-0.39, 0.29) is 17.7 Å². The van der Waals surface area contributed by atoms with Crippen LogP contribution in [0.2, 0.25) is 0 Å². The lowest BCUT2D eigenvalue weighted by molar-refractivity contribution is 0.0262. The average Bonchev–Trinajstić information content (AvgIpc) is 3.12. The summed E-state index contributed by atoms with van der Waals surface area (Å²) < 4.78 is 8.50. The molecule has 5 nitrogen and oxygen atoms in total. The third-order valence-corrected chi connectivity index (χ3v) is 6.92. The highest BCUT2D eigenvalue weighted by molar-refractivity contribution is 5.92. The largest absolute Gasteiger partial charge is 0.508 e. The summed E-state index contributed by atoms with van der Waals surface area (Å²) in [5, 5.41) is 20.9. The van der Waals surface area contributed by atoms with Crippen molar-refractivity contribution in [3.63, 3.8) is 0 Å². The Morgan fingerprint density at radius 3 is 2.24 bits per heavy atom. The van der Waals surface area contributed by atoms with Gasteiger partial charge in [0.15, 0.2) is 0 Å². The molecule has 2 heterocycles. The molecule has 4 aromatic rings. The van der Waals surface area contributed by atoms with Crippen LogP contribution in [0.4, 0.5) is 0 Å². The molecule has 1 unspecified atom stereocenters. The van der Waals surface area contributed by atoms with Gasteiger partial charge in [-0.05, 0) is 98.0 Å². The van der Waals surface area contributed by atoms with Gasteiger partial charge in [0.25, 0.3) is 0 Å². The smallest absolute Gasteiger partial charge is 0.149 e. The summed E-state index contributed by atoms with van der Waals surface area (Å²) in [5.41, 5.74) is 5.45. The van der Waals surface area contributed by atoms with E-state index < -0.39 is 0 Å². The standard InChI is InChI=1S/C29H32N2O3/c1-20-27-18-25(33)12-15-28(27)31(29(20)23-8-10-24(32)11-9-23)19-22-6-13-26(14-7-22)34-21(2)30-16-4-3-5-17-30/h6-15,18,21,32-33H,3-5,16-17,19H2,1-2H3. The second-order valence-electron chi connectivity index (χ2n) is 9.27. The highest BCUT2D eigenvalue weighted by atomic mass is 16.5. The van der Waals surface area contributed by atoms with Gasteiger partial charge < -0.3 is 19.5 Å². The van der Waals surface area contributed by atoms with Crippen LogP contribution < -0.4 is 4.74 Å². The number of likely N-dealkylation sites (tertiary alicyclic amines) is 1. The zero-order valence-electron chi connectivity index (χ0n) is 19.9. The Morgan fingerprint density at radius 2 is 1.53 bits per heavy atom. The summed E-state index contributed by atoms with van der Waals surface area (Å²) in [7, 11) is 0. The molecule has 0 saturated carbocycles. The van der Waals surface area contributed by atoms with E-state index in [0.717, 1.165) is 46.6 Å². The Morgan fingerprint density at radius 1 is 0.853 bits per heavy atom. The summed E-state index contributed by atoms with van der Waals surface area (Å²) in [6, 6.07) is 21.2. The summed E-state index contributed by atoms with van der Waals surface area (Å²) in [6.07, 6.45) is 3.89. The van der Waals surface area contributed by atoms with Crippen LogP contribution >= 0.6 is 0 Å². The molecule has 0 spiro atoms. The summed E-state index contributed by atoms with van der Waals surface area (Å²) >= 11 is 0. The van der Waals surface area contributed by atoms with E-state index >= 15 is 0 Å². The first-order valence-corrected chi connectivity index (χ1v) is 12.1. The van der Waals surface area contributed by atoms with Crippen LogP contribution in [-0.2, 0) is 6.54 Å². The number of aryl methyl sites for hydroxylation is 1. The van der Waals surface area contributed by atoms with Crippen molar-refractivity contribution < 1.29 is 14.9 Å². The fourth-order valence-corrected chi connectivity index (χ4v) is 5.08. The van der Waals surface area contributed by atoms with Gasteiger partial charge in [-0.1, -0.05) is 18.6 Å². The monoisotopic (exact) mass is 456 g/mol. The van der Waals surface area contributed by atoms with Crippen LogP contribution in [0.1, 0.15) is 37.3 Å². The molecule has 1 saturated heterocycles. The van der Waals surface area contributed by atoms with Crippen molar-refractivity contribution >= 4 is 10.9 Å². The lowest BCUT2D eigenvalue weighted by Crippen LogP contribution is -2.40. The highest BCUT2D eigenvalue weighted by Crippen LogP contribution is 2.36. The predicted molar refractivity (Wildman–Crippen MR) is 136 cm³/mol. The Bertz CT molecular complexity index is 1270. The molecule has 1 aromatic heterocycles. The van der Waals surface area contributed by atoms with Gasteiger partial charge in [-0.25, -0.2) is 0 Å². The van der Waals surface area contributed by atoms with E-state index in [4.69, 9.17) is 4.74 Å². The van der Waals surface area contributed by atoms with Crippen LogP contribution in [0.15, 0.2) is 66.7 Å². The third-order valence-electron chi connectivity index (χ3n) is 6.92. The van der Waals surface area contributed by atoms with Gasteiger partial charge in [0.1, 0.15) is 23.5 Å². The molecule has 0 amide bonds. The van der Waals surface area contributed by atoms with Crippen LogP contribution in [0.3, 0.4) is 0 Å². The Labute approximate surface area is 200 Å². The van der Waals surface area contributed by atoms with Gasteiger partial charge in [0.2, 0.25) is 0 Å². The molecule has 1 atom stereocenters. The number of phenolic OH excluding ortho intramolecular Hbond substituents is 2. The van der Waals surface area contributed by atoms with Crippen molar-refractivity contribution in [3.05, 3.63) is 77.9 Å². The van der Waals surface area contributed by atoms with Crippen molar-refractivity contribution in [2.45, 2.75) is 45.9 Å². The molecule has 1 aliphatic rings. The van der Waals surface area contributed by atoms with Gasteiger partial charge in [-0.2, -0.15) is 0 Å². The molecule has 2 N–H and O–H groups in total. The SMILES string of the molecule is Cc1c(-c2ccc(O)cc2)n(Cc2ccc(OC(C)N3CCCCC3)cc2)c2ccc(O)cc12. The van der Waals surface area contributed by atoms with Crippen molar-refractivity contribution in [1.29, 1.82) is 0 Å². The third kappa shape index (κ3) is 4.48. The molecular formula is C29H32N2O3. The van der Waals surface area contributed by atoms with E-state index in [1.807, 2.05) is 24.3 Å². The van der Waals surface area contributed by atoms with Crippen molar-refractivity contribution in [1.82, 2.24) is 9.47 Å². The number of benzene rings is 3. The molecular weight excluding hydrogens is 424 g/mol. The van der Waals surface area contributed by atoms with E-state index in [9.17, 15) is 10.2 Å². The average molecular weight is 457 g/mol. The van der Waals surface area contributed by atoms with Crippen molar-refractivity contribution in [2.75, 3.05) is 13.1 Å². The minimum Gasteiger partial charge on any atom is -0.508 e. The molecule has 5 rings (SSSR count). The highest BCUT2D eigenvalue weighted by Gasteiger charge is 2.19. The summed E-state index contributed by atoms with van der Waals surface area (Å²) in [6.45, 7) is 7.11. The van der Waals surface area contributed by atoms with Crippen molar-refractivity contribution in [2.24, 2.45) is 0 Å². The number of aromatic hydroxyl groups is 2. The minimum absolute atomic E-state index is 0.0796. The second-order valence-corrected chi connectivity index (χ2v) is 9.27. The quantitative estimate of drug-likeness (QED) is 0.358. The molecule has 3 aromatic carbocycles. The summed E-state index contributed by atoms with van der Waals surface area (Å²) in [4.78, 5) is 2.41. The molecule has 34 heavy (non-hydrogen) atoms. The zero-order chi connectivity index (χ0) is 23.7. The molecule has 1 aliphatic heterocycles. The van der Waals surface area contributed by atoms with E-state index in [0.29, 0.717) is 6.54 Å². The molecule has 5 heteroatoms. The fourth-order valence-electron chi connectivity index (χ4n) is 5.08. The van der Waals surface area contributed by atoms with Gasteiger partial charge >= 0.3 is 0 Å². The first kappa shape index (κ1) is 22.4. The van der Waals surface area contributed by atoms with Crippen LogP contribution in [-0.4, -0.2) is 39.0 Å². The Balaban J connectivity index is 1.44.